The summed E-state index contributed by atoms with van der Waals surface area (Å²) in [5, 5.41) is 9.30. The first-order valence-electron chi connectivity index (χ1n) is 6.78. The Kier molecular flexibility index (Phi) is 6.71. The van der Waals surface area contributed by atoms with E-state index < -0.39 is 35.7 Å². The number of nitrogens with two attached hydrogens (primary N) is 2. The Labute approximate surface area is 182 Å². The molecule has 158 valence electrons. The minimum absolute atomic E-state index is 0.0170. The van der Waals surface area contributed by atoms with Gasteiger partial charge in [-0.1, -0.05) is 34.8 Å². The van der Waals surface area contributed by atoms with Crippen LogP contribution < -0.4 is 11.5 Å². The molecule has 29 heavy (non-hydrogen) atoms. The lowest BCUT2D eigenvalue weighted by molar-refractivity contribution is 0.475. The number of aromatic hydroxyl groups is 1. The Hall–Kier alpha value is -1.65. The molecule has 0 atom stereocenters. The molecule has 0 saturated heterocycles. The third kappa shape index (κ3) is 4.92. The van der Waals surface area contributed by atoms with Crippen LogP contribution in [-0.4, -0.2) is 39.8 Å². The van der Waals surface area contributed by atoms with Gasteiger partial charge in [-0.3, -0.25) is 9.11 Å². The van der Waals surface area contributed by atoms with Gasteiger partial charge in [-0.15, -0.1) is 0 Å². The van der Waals surface area contributed by atoms with Crippen molar-refractivity contribution in [2.24, 2.45) is 0 Å². The van der Waals surface area contributed by atoms with Crippen molar-refractivity contribution in [1.82, 2.24) is 8.75 Å². The number of anilines is 2. The first-order chi connectivity index (χ1) is 13.2. The van der Waals surface area contributed by atoms with Gasteiger partial charge in [0, 0.05) is 0 Å². The molecule has 0 aliphatic carbocycles. The molecule has 7 N–H and O–H groups in total. The first kappa shape index (κ1) is 23.6. The molecular formula is C12H9Cl3N4O7S3. The molecule has 0 radical (unpaired) electrons. The van der Waals surface area contributed by atoms with Gasteiger partial charge in [0.25, 0.3) is 20.2 Å². The van der Waals surface area contributed by atoms with Crippen LogP contribution in [0.2, 0.25) is 15.1 Å². The van der Waals surface area contributed by atoms with Crippen LogP contribution in [0.15, 0.2) is 21.9 Å². The zero-order valence-electron chi connectivity index (χ0n) is 13.5. The molecule has 11 nitrogen and oxygen atoms in total. The van der Waals surface area contributed by atoms with E-state index in [9.17, 15) is 16.8 Å². The number of hydrogen-bond acceptors (Lipinski definition) is 10. The molecule has 3 aromatic rings. The summed E-state index contributed by atoms with van der Waals surface area (Å²) >= 11 is 17.2. The van der Waals surface area contributed by atoms with Crippen LogP contribution in [-0.2, 0) is 20.2 Å². The lowest BCUT2D eigenvalue weighted by atomic mass is 10.3. The van der Waals surface area contributed by atoms with Crippen molar-refractivity contribution in [3.05, 3.63) is 27.2 Å². The molecule has 0 aliphatic rings. The highest BCUT2D eigenvalue weighted by Gasteiger charge is 2.26. The number of rotatable bonds is 2. The van der Waals surface area contributed by atoms with E-state index in [1.54, 1.807) is 0 Å². The van der Waals surface area contributed by atoms with E-state index in [-0.39, 0.29) is 37.5 Å². The van der Waals surface area contributed by atoms with Crippen molar-refractivity contribution in [2.75, 3.05) is 11.5 Å². The van der Waals surface area contributed by atoms with Gasteiger partial charge in [0.15, 0.2) is 5.75 Å². The van der Waals surface area contributed by atoms with Crippen LogP contribution in [0.1, 0.15) is 0 Å². The maximum absolute atomic E-state index is 11.1. The highest BCUT2D eigenvalue weighted by molar-refractivity contribution is 7.87. The molecule has 0 amide bonds. The fourth-order valence-corrected chi connectivity index (χ4v) is 4.54. The largest absolute Gasteiger partial charge is 0.505 e. The molecule has 3 rings (SSSR count). The number of phenolic OH excluding ortho intramolecular Hbond substituents is 1. The first-order valence-corrected chi connectivity index (χ1v) is 11.5. The Bertz CT molecular complexity index is 1300. The van der Waals surface area contributed by atoms with Crippen molar-refractivity contribution < 1.29 is 31.0 Å². The molecule has 1 heterocycles. The normalized spacial score (nSPS) is 11.9. The van der Waals surface area contributed by atoms with Crippen LogP contribution in [0.5, 0.6) is 5.75 Å². The van der Waals surface area contributed by atoms with Gasteiger partial charge in [0.05, 0.1) is 33.1 Å². The monoisotopic (exact) mass is 522 g/mol. The number of halogens is 3. The van der Waals surface area contributed by atoms with E-state index in [1.165, 1.54) is 6.07 Å². The number of fused-ring (bicyclic) bond motifs is 1. The summed E-state index contributed by atoms with van der Waals surface area (Å²) in [5.41, 5.74) is 10.2. The fraction of sp³-hybridized carbons (Fsp3) is 0. The number of phenols is 1. The lowest BCUT2D eigenvalue weighted by Crippen LogP contribution is -2.08. The van der Waals surface area contributed by atoms with Crippen LogP contribution in [0.25, 0.3) is 11.0 Å². The second-order valence-corrected chi connectivity index (χ2v) is 9.59. The Morgan fingerprint density at radius 1 is 0.862 bits per heavy atom. The maximum Gasteiger partial charge on any atom is 0.296 e. The standard InChI is InChI=1S/C6H4Cl3NO.C6H5N3O6S3/c7-2-1-3(10)4(8)5(9)6(2)11;7-4-2(17(10,11)12)1-3(18(13,14)15)5-6(4)9-16-8-5/h1,11H,10H2;1H,7H2,(H,10,11,12)(H,13,14,15). The van der Waals surface area contributed by atoms with E-state index >= 15 is 0 Å². The van der Waals surface area contributed by atoms with Gasteiger partial charge in [-0.05, 0) is 12.1 Å². The molecule has 0 bridgehead atoms. The van der Waals surface area contributed by atoms with Crippen molar-refractivity contribution in [3.8, 4) is 5.75 Å². The molecule has 0 aliphatic heterocycles. The van der Waals surface area contributed by atoms with Crippen molar-refractivity contribution in [1.29, 1.82) is 0 Å². The number of aromatic nitrogens is 2. The summed E-state index contributed by atoms with van der Waals surface area (Å²) in [4.78, 5) is -1.64. The Morgan fingerprint density at radius 3 is 1.90 bits per heavy atom. The predicted octanol–water partition coefficient (Wildman–Crippen LogP) is 2.70. The average Bonchev–Trinajstić information content (AvgIpc) is 3.07. The lowest BCUT2D eigenvalue weighted by Gasteiger charge is -2.05. The van der Waals surface area contributed by atoms with Crippen molar-refractivity contribution in [2.45, 2.75) is 9.79 Å². The summed E-state index contributed by atoms with van der Waals surface area (Å²) in [6.45, 7) is 0. The maximum atomic E-state index is 11.1. The van der Waals surface area contributed by atoms with E-state index in [0.717, 1.165) is 0 Å². The van der Waals surface area contributed by atoms with Crippen molar-refractivity contribution >= 4 is 89.2 Å². The third-order valence-corrected chi connectivity index (χ3v) is 6.67. The van der Waals surface area contributed by atoms with Gasteiger partial charge < -0.3 is 16.6 Å². The molecule has 2 aromatic carbocycles. The second-order valence-electron chi connectivity index (χ2n) is 5.12. The Morgan fingerprint density at radius 2 is 1.38 bits per heavy atom. The van der Waals surface area contributed by atoms with Gasteiger partial charge in [-0.2, -0.15) is 25.6 Å². The quantitative estimate of drug-likeness (QED) is 0.143. The van der Waals surface area contributed by atoms with E-state index in [0.29, 0.717) is 17.8 Å². The second kappa shape index (κ2) is 8.23. The SMILES string of the molecule is Nc1c(S(=O)(=O)O)cc(S(=O)(=O)O)c2nsnc12.Nc1cc(Cl)c(O)c(Cl)c1Cl. The number of hydrogen-bond donors (Lipinski definition) is 5. The Balaban J connectivity index is 0.000000234. The predicted molar refractivity (Wildman–Crippen MR) is 109 cm³/mol. The summed E-state index contributed by atoms with van der Waals surface area (Å²) in [6.07, 6.45) is 0. The molecule has 1 aromatic heterocycles. The number of nitrogen functional groups attached to an aromatic ring is 2. The smallest absolute Gasteiger partial charge is 0.296 e. The highest BCUT2D eigenvalue weighted by Crippen LogP contribution is 2.40. The van der Waals surface area contributed by atoms with Crippen LogP contribution >= 0.6 is 46.5 Å². The molecule has 17 heteroatoms. The molecule has 0 saturated carbocycles. The zero-order valence-corrected chi connectivity index (χ0v) is 18.3. The average molecular weight is 524 g/mol. The van der Waals surface area contributed by atoms with E-state index in [1.807, 2.05) is 0 Å². The summed E-state index contributed by atoms with van der Waals surface area (Å²) < 4.78 is 69.5. The fourth-order valence-electron chi connectivity index (χ4n) is 1.92. The molecular weight excluding hydrogens is 515 g/mol. The van der Waals surface area contributed by atoms with Gasteiger partial charge in [0.1, 0.15) is 25.8 Å². The van der Waals surface area contributed by atoms with Crippen LogP contribution in [0.4, 0.5) is 11.4 Å². The highest BCUT2D eigenvalue weighted by atomic mass is 35.5. The van der Waals surface area contributed by atoms with Crippen molar-refractivity contribution in [3.63, 3.8) is 0 Å². The van der Waals surface area contributed by atoms with Gasteiger partial charge >= 0.3 is 0 Å². The minimum atomic E-state index is -4.75. The third-order valence-electron chi connectivity index (χ3n) is 3.22. The van der Waals surface area contributed by atoms with Crippen LogP contribution in [0, 0.1) is 0 Å². The van der Waals surface area contributed by atoms with E-state index in [4.69, 9.17) is 60.5 Å². The topological polar surface area (TPSA) is 207 Å². The number of nitrogens with zero attached hydrogens (tertiary/aromatic N) is 2. The summed E-state index contributed by atoms with van der Waals surface area (Å²) in [5.74, 6) is -0.243. The minimum Gasteiger partial charge on any atom is -0.505 e. The summed E-state index contributed by atoms with van der Waals surface area (Å²) in [6, 6.07) is 1.87. The van der Waals surface area contributed by atoms with Gasteiger partial charge in [-0.25, -0.2) is 0 Å². The zero-order chi connectivity index (χ0) is 22.3. The number of benzene rings is 2. The molecule has 0 unspecified atom stereocenters. The van der Waals surface area contributed by atoms with E-state index in [2.05, 4.69) is 8.75 Å². The molecule has 0 fully saturated rings. The summed E-state index contributed by atoms with van der Waals surface area (Å²) in [7, 11) is -9.48. The molecule has 0 spiro atoms. The van der Waals surface area contributed by atoms with Gasteiger partial charge in [0.2, 0.25) is 0 Å². The van der Waals surface area contributed by atoms with Crippen LogP contribution in [0.3, 0.4) is 0 Å².